The molecule has 1 aliphatic rings. The Kier molecular flexibility index (Phi) is 5.27. The third-order valence-electron chi connectivity index (χ3n) is 4.78. The van der Waals surface area contributed by atoms with Gasteiger partial charge >= 0.3 is 0 Å². The van der Waals surface area contributed by atoms with Crippen LogP contribution in [0.25, 0.3) is 0 Å². The van der Waals surface area contributed by atoms with Crippen molar-refractivity contribution in [2.45, 2.75) is 22.8 Å². The number of aliphatic hydroxyl groups excluding tert-OH is 1. The fourth-order valence-electron chi connectivity index (χ4n) is 3.39. The molecule has 26 heavy (non-hydrogen) atoms. The lowest BCUT2D eigenvalue weighted by molar-refractivity contribution is -0.131. The van der Waals surface area contributed by atoms with E-state index in [0.717, 1.165) is 21.9 Å². The molecule has 2 atom stereocenters. The first kappa shape index (κ1) is 18.8. The highest BCUT2D eigenvalue weighted by Gasteiger charge is 2.50. The molecule has 0 aliphatic carbocycles. The second-order valence-corrected chi connectivity index (χ2v) is 7.64. The van der Waals surface area contributed by atoms with Gasteiger partial charge in [-0.25, -0.2) is 0 Å². The van der Waals surface area contributed by atoms with Crippen LogP contribution in [-0.2, 0) is 9.67 Å². The number of fused-ring (bicyclic) bond motifs is 1. The molecule has 0 fully saturated rings. The Morgan fingerprint density at radius 3 is 2.42 bits per heavy atom. The molecule has 2 aromatic rings. The summed E-state index contributed by atoms with van der Waals surface area (Å²) in [6.07, 6.45) is -1.22. The lowest BCUT2D eigenvalue weighted by Crippen LogP contribution is -2.54. The minimum Gasteiger partial charge on any atom is -0.497 e. The average Bonchev–Trinajstić information content (AvgIpc) is 2.75. The maximum Gasteiger partial charge on any atom is 0.259 e. The molecule has 6 heteroatoms. The van der Waals surface area contributed by atoms with Crippen molar-refractivity contribution in [1.82, 2.24) is 4.90 Å². The second-order valence-electron chi connectivity index (χ2n) is 6.37. The predicted molar refractivity (Wildman–Crippen MR) is 105 cm³/mol. The van der Waals surface area contributed by atoms with Gasteiger partial charge in [-0.1, -0.05) is 36.0 Å². The maximum absolute atomic E-state index is 13.2. The number of rotatable bonds is 4. The third-order valence-corrected chi connectivity index (χ3v) is 6.48. The molecule has 0 saturated heterocycles. The van der Waals surface area contributed by atoms with Crippen molar-refractivity contribution in [2.24, 2.45) is 0 Å². The highest BCUT2D eigenvalue weighted by molar-refractivity contribution is 8.00. The summed E-state index contributed by atoms with van der Waals surface area (Å²) in [6, 6.07) is 15.3. The number of benzene rings is 2. The molecule has 1 aliphatic heterocycles. The number of para-hydroxylation sites is 1. The van der Waals surface area contributed by atoms with Gasteiger partial charge in [-0.2, -0.15) is 0 Å². The van der Waals surface area contributed by atoms with Gasteiger partial charge in [-0.3, -0.25) is 9.69 Å². The summed E-state index contributed by atoms with van der Waals surface area (Å²) in [5.74, 6) is 0.437. The number of anilines is 1. The van der Waals surface area contributed by atoms with E-state index in [1.54, 1.807) is 12.0 Å². The largest absolute Gasteiger partial charge is 0.497 e. The Bertz CT molecular complexity index is 794. The Labute approximate surface area is 158 Å². The lowest BCUT2D eigenvalue weighted by atomic mass is 9.98. The van der Waals surface area contributed by atoms with Crippen LogP contribution in [0.15, 0.2) is 53.4 Å². The number of ether oxygens (including phenoxy) is 1. The number of thioether (sulfide) groups is 1. The van der Waals surface area contributed by atoms with Crippen molar-refractivity contribution in [2.75, 3.05) is 32.6 Å². The summed E-state index contributed by atoms with van der Waals surface area (Å²) >= 11 is 1.50. The Morgan fingerprint density at radius 2 is 1.85 bits per heavy atom. The number of hydrogen-bond donors (Lipinski definition) is 1. The SMILES string of the molecule is CCN1C(=O)C(O)C(c2ccc(OC)cc2)(N(C)C)Sc2ccccc21. The minimum absolute atomic E-state index is 0.297. The van der Waals surface area contributed by atoms with Gasteiger partial charge in [-0.15, -0.1) is 0 Å². The van der Waals surface area contributed by atoms with Crippen LogP contribution in [0.1, 0.15) is 12.5 Å². The topological polar surface area (TPSA) is 53.0 Å². The molecule has 138 valence electrons. The molecule has 1 heterocycles. The number of amides is 1. The Morgan fingerprint density at radius 1 is 1.19 bits per heavy atom. The molecule has 1 amide bonds. The zero-order valence-electron chi connectivity index (χ0n) is 15.5. The van der Waals surface area contributed by atoms with Crippen LogP contribution in [0.3, 0.4) is 0 Å². The number of methoxy groups -OCH3 is 1. The van der Waals surface area contributed by atoms with Crippen molar-refractivity contribution in [3.05, 3.63) is 54.1 Å². The minimum atomic E-state index is -1.22. The van der Waals surface area contributed by atoms with Crippen molar-refractivity contribution in [3.8, 4) is 5.75 Å². The first-order valence-electron chi connectivity index (χ1n) is 8.55. The first-order valence-corrected chi connectivity index (χ1v) is 9.36. The third kappa shape index (κ3) is 2.88. The normalized spacial score (nSPS) is 22.9. The van der Waals surface area contributed by atoms with Crippen LogP contribution < -0.4 is 9.64 Å². The van der Waals surface area contributed by atoms with E-state index in [2.05, 4.69) is 0 Å². The van der Waals surface area contributed by atoms with Gasteiger partial charge < -0.3 is 14.7 Å². The van der Waals surface area contributed by atoms with Crippen molar-refractivity contribution in [3.63, 3.8) is 0 Å². The molecule has 3 rings (SSSR count). The van der Waals surface area contributed by atoms with Crippen LogP contribution in [-0.4, -0.2) is 49.8 Å². The van der Waals surface area contributed by atoms with E-state index >= 15 is 0 Å². The molecular formula is C20H24N2O3S. The van der Waals surface area contributed by atoms with Gasteiger partial charge in [0.25, 0.3) is 5.91 Å². The van der Waals surface area contributed by atoms with E-state index in [9.17, 15) is 9.90 Å². The highest BCUT2D eigenvalue weighted by atomic mass is 32.2. The quantitative estimate of drug-likeness (QED) is 0.894. The maximum atomic E-state index is 13.2. The molecule has 2 unspecified atom stereocenters. The highest BCUT2D eigenvalue weighted by Crippen LogP contribution is 2.51. The summed E-state index contributed by atoms with van der Waals surface area (Å²) in [5.41, 5.74) is 1.68. The first-order chi connectivity index (χ1) is 12.5. The summed E-state index contributed by atoms with van der Waals surface area (Å²) < 4.78 is 5.26. The molecule has 0 aromatic heterocycles. The fraction of sp³-hybridized carbons (Fsp3) is 0.350. The number of likely N-dealkylation sites (N-methyl/N-ethyl adjacent to an activating group) is 2. The summed E-state index contributed by atoms with van der Waals surface area (Å²) in [6.45, 7) is 2.42. The smallest absolute Gasteiger partial charge is 0.259 e. The van der Waals surface area contributed by atoms with Crippen LogP contribution in [0.2, 0.25) is 0 Å². The van der Waals surface area contributed by atoms with E-state index in [0.29, 0.717) is 6.54 Å². The van der Waals surface area contributed by atoms with Crippen molar-refractivity contribution in [1.29, 1.82) is 0 Å². The zero-order valence-corrected chi connectivity index (χ0v) is 16.3. The number of aliphatic hydroxyl groups is 1. The number of carbonyl (C=O) groups excluding carboxylic acids is 1. The van der Waals surface area contributed by atoms with E-state index < -0.39 is 11.0 Å². The molecule has 0 saturated carbocycles. The molecule has 0 radical (unpaired) electrons. The molecule has 1 N–H and O–H groups in total. The summed E-state index contributed by atoms with van der Waals surface area (Å²) in [5, 5.41) is 11.2. The summed E-state index contributed by atoms with van der Waals surface area (Å²) in [4.78, 5) is 16.8. The van der Waals surface area contributed by atoms with Crippen LogP contribution >= 0.6 is 11.8 Å². The van der Waals surface area contributed by atoms with Gasteiger partial charge in [0.05, 0.1) is 12.8 Å². The zero-order chi connectivity index (χ0) is 18.9. The van der Waals surface area contributed by atoms with Crippen LogP contribution in [0.4, 0.5) is 5.69 Å². The van der Waals surface area contributed by atoms with Gasteiger partial charge in [0.2, 0.25) is 0 Å². The molecule has 0 spiro atoms. The molecular weight excluding hydrogens is 348 g/mol. The van der Waals surface area contributed by atoms with E-state index in [4.69, 9.17) is 4.74 Å². The van der Waals surface area contributed by atoms with Crippen molar-refractivity contribution < 1.29 is 14.6 Å². The van der Waals surface area contributed by atoms with E-state index in [1.807, 2.05) is 74.4 Å². The monoisotopic (exact) mass is 372 g/mol. The van der Waals surface area contributed by atoms with E-state index in [1.165, 1.54) is 11.8 Å². The fourth-order valence-corrected chi connectivity index (χ4v) is 4.80. The lowest BCUT2D eigenvalue weighted by Gasteiger charge is -2.41. The van der Waals surface area contributed by atoms with Gasteiger partial charge in [0.15, 0.2) is 6.10 Å². The predicted octanol–water partition coefficient (Wildman–Crippen LogP) is 2.93. The average molecular weight is 372 g/mol. The van der Waals surface area contributed by atoms with Gasteiger partial charge in [0.1, 0.15) is 10.6 Å². The standard InChI is InChI=1S/C20H24N2O3S/c1-5-22-16-8-6-7-9-17(16)26-20(21(2)3,18(23)19(22)24)14-10-12-15(25-4)13-11-14/h6-13,18,23H,5H2,1-4H3. The molecule has 5 nitrogen and oxygen atoms in total. The summed E-state index contributed by atoms with van der Waals surface area (Å²) in [7, 11) is 5.39. The Balaban J connectivity index is 2.22. The van der Waals surface area contributed by atoms with E-state index in [-0.39, 0.29) is 5.91 Å². The van der Waals surface area contributed by atoms with Gasteiger partial charge in [0, 0.05) is 11.4 Å². The number of hydrogen-bond acceptors (Lipinski definition) is 5. The Hall–Kier alpha value is -2.02. The second kappa shape index (κ2) is 7.31. The molecule has 2 aromatic carbocycles. The van der Waals surface area contributed by atoms with Crippen molar-refractivity contribution >= 4 is 23.4 Å². The van der Waals surface area contributed by atoms with Crippen LogP contribution in [0, 0.1) is 0 Å². The van der Waals surface area contributed by atoms with Gasteiger partial charge in [-0.05, 0) is 50.8 Å². The number of nitrogens with zero attached hydrogens (tertiary/aromatic N) is 2. The molecule has 0 bridgehead atoms. The van der Waals surface area contributed by atoms with Crippen LogP contribution in [0.5, 0.6) is 5.75 Å². The number of carbonyl (C=O) groups is 1.